The highest BCUT2D eigenvalue weighted by molar-refractivity contribution is 7.10. The third-order valence-corrected chi connectivity index (χ3v) is 3.75. The number of unbranched alkanes of at least 4 members (excludes halogenated alkanes) is 1. The molecule has 1 aromatic rings. The highest BCUT2D eigenvalue weighted by atomic mass is 32.1. The molecule has 0 amide bonds. The van der Waals surface area contributed by atoms with Crippen molar-refractivity contribution < 1.29 is 4.74 Å². The van der Waals surface area contributed by atoms with Gasteiger partial charge in [-0.05, 0) is 19.3 Å². The average Bonchev–Trinajstić information content (AvgIpc) is 2.81. The highest BCUT2D eigenvalue weighted by Gasteiger charge is 2.09. The molecule has 0 aromatic carbocycles. The standard InChI is InChI=1S/C13H25N3OS/c1-4-7-8-11(5-2)9-17-10-12-13(14-6-3)18-16-15-12/h11,14H,4-10H2,1-3H3. The predicted octanol–water partition coefficient (Wildman–Crippen LogP) is 3.70. The fraction of sp³-hybridized carbons (Fsp3) is 0.846. The Hall–Kier alpha value is -0.680. The molecule has 1 rings (SSSR count). The van der Waals surface area contributed by atoms with Crippen LogP contribution in [0.15, 0.2) is 0 Å². The van der Waals surface area contributed by atoms with Gasteiger partial charge >= 0.3 is 0 Å². The quantitative estimate of drug-likeness (QED) is 0.705. The number of anilines is 1. The molecule has 18 heavy (non-hydrogen) atoms. The molecule has 0 aliphatic heterocycles. The van der Waals surface area contributed by atoms with E-state index in [-0.39, 0.29) is 0 Å². The van der Waals surface area contributed by atoms with E-state index >= 15 is 0 Å². The maximum atomic E-state index is 5.78. The van der Waals surface area contributed by atoms with Crippen molar-refractivity contribution in [2.75, 3.05) is 18.5 Å². The smallest absolute Gasteiger partial charge is 0.135 e. The van der Waals surface area contributed by atoms with Gasteiger partial charge in [0.1, 0.15) is 10.7 Å². The van der Waals surface area contributed by atoms with Gasteiger partial charge in [-0.25, -0.2) is 0 Å². The van der Waals surface area contributed by atoms with Gasteiger partial charge in [-0.1, -0.05) is 37.6 Å². The van der Waals surface area contributed by atoms with Gasteiger partial charge in [-0.15, -0.1) is 5.10 Å². The summed E-state index contributed by atoms with van der Waals surface area (Å²) in [4.78, 5) is 0. The molecule has 0 bridgehead atoms. The van der Waals surface area contributed by atoms with Gasteiger partial charge in [-0.3, -0.25) is 0 Å². The van der Waals surface area contributed by atoms with Crippen molar-refractivity contribution in [2.45, 2.75) is 53.1 Å². The van der Waals surface area contributed by atoms with Crippen LogP contribution in [0.3, 0.4) is 0 Å². The molecule has 1 unspecified atom stereocenters. The van der Waals surface area contributed by atoms with Crippen LogP contribution in [0.2, 0.25) is 0 Å². The molecule has 0 radical (unpaired) electrons. The van der Waals surface area contributed by atoms with Crippen LogP contribution in [-0.2, 0) is 11.3 Å². The lowest BCUT2D eigenvalue weighted by atomic mass is 10.0. The molecule has 0 saturated carbocycles. The van der Waals surface area contributed by atoms with E-state index in [0.717, 1.165) is 23.8 Å². The van der Waals surface area contributed by atoms with Crippen LogP contribution in [0.4, 0.5) is 5.00 Å². The van der Waals surface area contributed by atoms with E-state index < -0.39 is 0 Å². The molecule has 1 aromatic heterocycles. The van der Waals surface area contributed by atoms with E-state index in [2.05, 4.69) is 35.7 Å². The zero-order valence-electron chi connectivity index (χ0n) is 11.7. The molecule has 0 spiro atoms. The third-order valence-electron chi connectivity index (χ3n) is 3.03. The van der Waals surface area contributed by atoms with Crippen molar-refractivity contribution in [1.29, 1.82) is 0 Å². The van der Waals surface area contributed by atoms with Gasteiger partial charge in [0.2, 0.25) is 0 Å². The molecule has 0 fully saturated rings. The zero-order valence-corrected chi connectivity index (χ0v) is 12.6. The molecule has 1 N–H and O–H groups in total. The summed E-state index contributed by atoms with van der Waals surface area (Å²) in [6.07, 6.45) is 5.01. The highest BCUT2D eigenvalue weighted by Crippen LogP contribution is 2.19. The molecule has 4 nitrogen and oxygen atoms in total. The molecule has 0 aliphatic rings. The summed E-state index contributed by atoms with van der Waals surface area (Å²) in [6, 6.07) is 0. The van der Waals surface area contributed by atoms with Crippen LogP contribution >= 0.6 is 11.5 Å². The predicted molar refractivity (Wildman–Crippen MR) is 77.0 cm³/mol. The Balaban J connectivity index is 2.28. The molecular formula is C13H25N3OS. The molecule has 1 heterocycles. The minimum Gasteiger partial charge on any atom is -0.375 e. The van der Waals surface area contributed by atoms with E-state index in [1.54, 1.807) is 0 Å². The molecule has 5 heteroatoms. The summed E-state index contributed by atoms with van der Waals surface area (Å²) >= 11 is 1.40. The Kier molecular flexibility index (Phi) is 7.93. The van der Waals surface area contributed by atoms with Crippen LogP contribution in [0.5, 0.6) is 0 Å². The number of nitrogens with one attached hydrogen (secondary N) is 1. The topological polar surface area (TPSA) is 47.0 Å². The van der Waals surface area contributed by atoms with Crippen LogP contribution in [0, 0.1) is 5.92 Å². The maximum Gasteiger partial charge on any atom is 0.135 e. The van der Waals surface area contributed by atoms with E-state index in [4.69, 9.17) is 4.74 Å². The number of ether oxygens (including phenoxy) is 1. The van der Waals surface area contributed by atoms with Crippen molar-refractivity contribution >= 4 is 16.5 Å². The lowest BCUT2D eigenvalue weighted by Crippen LogP contribution is -2.09. The first-order valence-corrected chi connectivity index (χ1v) is 7.71. The second-order valence-corrected chi connectivity index (χ2v) is 5.26. The largest absolute Gasteiger partial charge is 0.375 e. The summed E-state index contributed by atoms with van der Waals surface area (Å²) in [6.45, 7) is 8.84. The Morgan fingerprint density at radius 3 is 2.83 bits per heavy atom. The van der Waals surface area contributed by atoms with E-state index in [0.29, 0.717) is 12.5 Å². The second-order valence-electron chi connectivity index (χ2n) is 4.51. The van der Waals surface area contributed by atoms with Gasteiger partial charge in [0, 0.05) is 24.7 Å². The summed E-state index contributed by atoms with van der Waals surface area (Å²) in [5.41, 5.74) is 0.937. The first-order chi connectivity index (χ1) is 8.81. The lowest BCUT2D eigenvalue weighted by Gasteiger charge is -2.14. The molecule has 0 saturated heterocycles. The van der Waals surface area contributed by atoms with Gasteiger partial charge in [0.25, 0.3) is 0 Å². The van der Waals surface area contributed by atoms with Crippen molar-refractivity contribution in [3.63, 3.8) is 0 Å². The van der Waals surface area contributed by atoms with Crippen molar-refractivity contribution in [2.24, 2.45) is 5.92 Å². The molecule has 1 atom stereocenters. The van der Waals surface area contributed by atoms with Crippen molar-refractivity contribution in [3.8, 4) is 0 Å². The van der Waals surface area contributed by atoms with Gasteiger partial charge < -0.3 is 10.1 Å². The van der Waals surface area contributed by atoms with Crippen LogP contribution in [-0.4, -0.2) is 22.7 Å². The second kappa shape index (κ2) is 9.28. The molecular weight excluding hydrogens is 246 g/mol. The van der Waals surface area contributed by atoms with Crippen molar-refractivity contribution in [3.05, 3.63) is 5.69 Å². The average molecular weight is 271 g/mol. The van der Waals surface area contributed by atoms with E-state index in [1.165, 1.54) is 37.2 Å². The van der Waals surface area contributed by atoms with Crippen LogP contribution < -0.4 is 5.32 Å². The van der Waals surface area contributed by atoms with Gasteiger partial charge in [0.05, 0.1) is 6.61 Å². The Morgan fingerprint density at radius 1 is 1.33 bits per heavy atom. The number of nitrogens with zero attached hydrogens (tertiary/aromatic N) is 2. The lowest BCUT2D eigenvalue weighted by molar-refractivity contribution is 0.0802. The Morgan fingerprint density at radius 2 is 2.17 bits per heavy atom. The monoisotopic (exact) mass is 271 g/mol. The van der Waals surface area contributed by atoms with E-state index in [9.17, 15) is 0 Å². The number of hydrogen-bond acceptors (Lipinski definition) is 5. The summed E-state index contributed by atoms with van der Waals surface area (Å²) in [5, 5.41) is 8.40. The van der Waals surface area contributed by atoms with Crippen molar-refractivity contribution in [1.82, 2.24) is 9.59 Å². The number of hydrogen-bond donors (Lipinski definition) is 1. The Bertz CT molecular complexity index is 317. The summed E-state index contributed by atoms with van der Waals surface area (Å²) < 4.78 is 9.74. The van der Waals surface area contributed by atoms with E-state index in [1.807, 2.05) is 0 Å². The molecule has 0 aliphatic carbocycles. The molecule has 104 valence electrons. The first kappa shape index (κ1) is 15.4. The number of aromatic nitrogens is 2. The Labute approximate surface area is 114 Å². The number of rotatable bonds is 10. The maximum absolute atomic E-state index is 5.78. The zero-order chi connectivity index (χ0) is 13.2. The van der Waals surface area contributed by atoms with Crippen LogP contribution in [0.25, 0.3) is 0 Å². The first-order valence-electron chi connectivity index (χ1n) is 6.94. The van der Waals surface area contributed by atoms with Crippen LogP contribution in [0.1, 0.15) is 52.1 Å². The fourth-order valence-corrected chi connectivity index (χ4v) is 2.45. The third kappa shape index (κ3) is 5.31. The normalized spacial score (nSPS) is 12.6. The minimum absolute atomic E-state index is 0.571. The summed E-state index contributed by atoms with van der Waals surface area (Å²) in [7, 11) is 0. The van der Waals surface area contributed by atoms with Gasteiger partial charge in [-0.2, -0.15) is 0 Å². The summed E-state index contributed by atoms with van der Waals surface area (Å²) in [5.74, 6) is 0.680. The van der Waals surface area contributed by atoms with Gasteiger partial charge in [0.15, 0.2) is 0 Å². The fourth-order valence-electron chi connectivity index (χ4n) is 1.82. The SMILES string of the molecule is CCCCC(CC)COCc1nnsc1NCC. The minimum atomic E-state index is 0.571.